The van der Waals surface area contributed by atoms with Gasteiger partial charge in [0, 0.05) is 6.04 Å². The second-order valence-electron chi connectivity index (χ2n) is 4.67. The number of aryl methyl sites for hydroxylation is 2. The van der Waals surface area contributed by atoms with Gasteiger partial charge in [0.05, 0.1) is 0 Å². The van der Waals surface area contributed by atoms with Crippen molar-refractivity contribution in [2.24, 2.45) is 5.73 Å². The van der Waals surface area contributed by atoms with Gasteiger partial charge in [0.1, 0.15) is 0 Å². The van der Waals surface area contributed by atoms with E-state index < -0.39 is 0 Å². The van der Waals surface area contributed by atoms with Crippen LogP contribution in [0.4, 0.5) is 0 Å². The van der Waals surface area contributed by atoms with Crippen LogP contribution in [0.3, 0.4) is 0 Å². The van der Waals surface area contributed by atoms with E-state index in [-0.39, 0.29) is 6.04 Å². The third kappa shape index (κ3) is 2.63. The highest BCUT2D eigenvalue weighted by Crippen LogP contribution is 2.27. The molecule has 1 unspecified atom stereocenters. The van der Waals surface area contributed by atoms with Gasteiger partial charge in [-0.3, -0.25) is 0 Å². The molecule has 0 aliphatic rings. The van der Waals surface area contributed by atoms with Crippen molar-refractivity contribution in [1.82, 2.24) is 5.32 Å². The zero-order valence-electron chi connectivity index (χ0n) is 11.1. The first-order valence-corrected chi connectivity index (χ1v) is 5.96. The Kier molecular flexibility index (Phi) is 4.51. The van der Waals surface area contributed by atoms with Crippen molar-refractivity contribution in [1.29, 1.82) is 0 Å². The van der Waals surface area contributed by atoms with Crippen molar-refractivity contribution in [3.8, 4) is 0 Å². The molecule has 0 saturated carbocycles. The van der Waals surface area contributed by atoms with Gasteiger partial charge in [-0.2, -0.15) is 0 Å². The van der Waals surface area contributed by atoms with Crippen LogP contribution in [-0.2, 0) is 0 Å². The summed E-state index contributed by atoms with van der Waals surface area (Å²) < 4.78 is 0. The maximum Gasteiger partial charge on any atom is 0.0312 e. The van der Waals surface area contributed by atoms with E-state index in [0.29, 0.717) is 0 Å². The third-order valence-electron chi connectivity index (χ3n) is 3.50. The van der Waals surface area contributed by atoms with Crippen LogP contribution in [-0.4, -0.2) is 13.6 Å². The summed E-state index contributed by atoms with van der Waals surface area (Å²) in [6.45, 7) is 9.64. The lowest BCUT2D eigenvalue weighted by Gasteiger charge is -2.21. The van der Waals surface area contributed by atoms with Crippen molar-refractivity contribution in [3.05, 3.63) is 33.9 Å². The van der Waals surface area contributed by atoms with Gasteiger partial charge in [0.25, 0.3) is 0 Å². The minimum absolute atomic E-state index is 0.144. The monoisotopic (exact) mass is 220 g/mol. The van der Waals surface area contributed by atoms with Gasteiger partial charge in [-0.05, 0) is 75.5 Å². The second kappa shape index (κ2) is 5.46. The third-order valence-corrected chi connectivity index (χ3v) is 3.50. The van der Waals surface area contributed by atoms with Crippen molar-refractivity contribution < 1.29 is 0 Å². The summed E-state index contributed by atoms with van der Waals surface area (Å²) in [6.07, 6.45) is 0.987. The molecule has 0 aliphatic heterocycles. The predicted octanol–water partition coefficient (Wildman–Crippen LogP) is 2.53. The van der Waals surface area contributed by atoms with Crippen molar-refractivity contribution in [2.45, 2.75) is 40.2 Å². The van der Waals surface area contributed by atoms with E-state index in [2.05, 4.69) is 39.1 Å². The highest BCUT2D eigenvalue weighted by Gasteiger charge is 2.14. The summed E-state index contributed by atoms with van der Waals surface area (Å²) >= 11 is 0. The molecular formula is C14H24N2. The SMILES string of the molecule is CNCCC(N)c1c(C)c(C)cc(C)c1C. The maximum absolute atomic E-state index is 6.28. The fourth-order valence-corrected chi connectivity index (χ4v) is 2.25. The molecule has 1 aromatic carbocycles. The van der Waals surface area contributed by atoms with Gasteiger partial charge in [-0.25, -0.2) is 0 Å². The van der Waals surface area contributed by atoms with Gasteiger partial charge in [0.15, 0.2) is 0 Å². The average Bonchev–Trinajstić information content (AvgIpc) is 2.24. The Morgan fingerprint density at radius 3 is 2.06 bits per heavy atom. The molecule has 0 heterocycles. The minimum Gasteiger partial charge on any atom is -0.324 e. The summed E-state index contributed by atoms with van der Waals surface area (Å²) in [6, 6.07) is 2.39. The number of hydrogen-bond acceptors (Lipinski definition) is 2. The maximum atomic E-state index is 6.28. The molecule has 1 aromatic rings. The lowest BCUT2D eigenvalue weighted by Crippen LogP contribution is -2.20. The van der Waals surface area contributed by atoms with Crippen LogP contribution >= 0.6 is 0 Å². The molecule has 0 radical (unpaired) electrons. The normalized spacial score (nSPS) is 12.9. The highest BCUT2D eigenvalue weighted by atomic mass is 14.8. The molecule has 2 nitrogen and oxygen atoms in total. The van der Waals surface area contributed by atoms with E-state index in [9.17, 15) is 0 Å². The molecule has 1 atom stereocenters. The first-order valence-electron chi connectivity index (χ1n) is 5.96. The molecule has 16 heavy (non-hydrogen) atoms. The molecule has 0 aromatic heterocycles. The van der Waals surface area contributed by atoms with Gasteiger partial charge in [-0.1, -0.05) is 6.07 Å². The Morgan fingerprint density at radius 1 is 1.12 bits per heavy atom. The quantitative estimate of drug-likeness (QED) is 0.818. The summed E-state index contributed by atoms with van der Waals surface area (Å²) in [7, 11) is 1.97. The van der Waals surface area contributed by atoms with E-state index in [1.807, 2.05) is 7.05 Å². The van der Waals surface area contributed by atoms with Gasteiger partial charge in [0.2, 0.25) is 0 Å². The average molecular weight is 220 g/mol. The first-order chi connectivity index (χ1) is 7.49. The van der Waals surface area contributed by atoms with E-state index in [1.54, 1.807) is 0 Å². The second-order valence-corrected chi connectivity index (χ2v) is 4.67. The van der Waals surface area contributed by atoms with Crippen LogP contribution in [0.2, 0.25) is 0 Å². The van der Waals surface area contributed by atoms with Crippen LogP contribution in [0.1, 0.15) is 40.3 Å². The number of hydrogen-bond donors (Lipinski definition) is 2. The van der Waals surface area contributed by atoms with Crippen LogP contribution in [0.15, 0.2) is 6.07 Å². The fraction of sp³-hybridized carbons (Fsp3) is 0.571. The molecule has 90 valence electrons. The lowest BCUT2D eigenvalue weighted by molar-refractivity contribution is 0.609. The van der Waals surface area contributed by atoms with Crippen LogP contribution in [0.25, 0.3) is 0 Å². The summed E-state index contributed by atoms with van der Waals surface area (Å²) in [4.78, 5) is 0. The number of nitrogens with two attached hydrogens (primary N) is 1. The summed E-state index contributed by atoms with van der Waals surface area (Å²) in [5.74, 6) is 0. The standard InChI is InChI=1S/C14H24N2/c1-9-8-10(2)12(4)14(11(9)3)13(15)6-7-16-5/h8,13,16H,6-7,15H2,1-5H3. The van der Waals surface area contributed by atoms with Gasteiger partial charge < -0.3 is 11.1 Å². The van der Waals surface area contributed by atoms with Gasteiger partial charge in [-0.15, -0.1) is 0 Å². The molecule has 0 bridgehead atoms. The van der Waals surface area contributed by atoms with Crippen molar-refractivity contribution in [2.75, 3.05) is 13.6 Å². The molecule has 2 heteroatoms. The molecule has 0 aliphatic carbocycles. The Balaban J connectivity index is 3.11. The van der Waals surface area contributed by atoms with E-state index in [1.165, 1.54) is 27.8 Å². The Labute approximate surface area is 99.2 Å². The molecule has 0 fully saturated rings. The number of rotatable bonds is 4. The summed E-state index contributed by atoms with van der Waals surface area (Å²) in [5.41, 5.74) is 13.0. The zero-order valence-corrected chi connectivity index (χ0v) is 11.1. The van der Waals surface area contributed by atoms with Crippen molar-refractivity contribution >= 4 is 0 Å². The van der Waals surface area contributed by atoms with Crippen molar-refractivity contribution in [3.63, 3.8) is 0 Å². The molecule has 1 rings (SSSR count). The molecule has 0 spiro atoms. The van der Waals surface area contributed by atoms with E-state index >= 15 is 0 Å². The zero-order chi connectivity index (χ0) is 12.3. The fourth-order valence-electron chi connectivity index (χ4n) is 2.25. The summed E-state index contributed by atoms with van der Waals surface area (Å²) in [5, 5.41) is 3.16. The predicted molar refractivity (Wildman–Crippen MR) is 70.9 cm³/mol. The minimum atomic E-state index is 0.144. The topological polar surface area (TPSA) is 38.0 Å². The Morgan fingerprint density at radius 2 is 1.62 bits per heavy atom. The van der Waals surface area contributed by atoms with Gasteiger partial charge >= 0.3 is 0 Å². The molecular weight excluding hydrogens is 196 g/mol. The number of nitrogens with one attached hydrogen (secondary N) is 1. The van der Waals surface area contributed by atoms with Crippen LogP contribution in [0, 0.1) is 27.7 Å². The Bertz CT molecular complexity index is 343. The highest BCUT2D eigenvalue weighted by molar-refractivity contribution is 5.45. The molecule has 3 N–H and O–H groups in total. The molecule has 0 amide bonds. The van der Waals surface area contributed by atoms with E-state index in [0.717, 1.165) is 13.0 Å². The smallest absolute Gasteiger partial charge is 0.0312 e. The van der Waals surface area contributed by atoms with Crippen LogP contribution < -0.4 is 11.1 Å². The largest absolute Gasteiger partial charge is 0.324 e. The number of benzene rings is 1. The molecule has 0 saturated heterocycles. The van der Waals surface area contributed by atoms with Crippen LogP contribution in [0.5, 0.6) is 0 Å². The lowest BCUT2D eigenvalue weighted by atomic mass is 9.89. The Hall–Kier alpha value is -0.860. The van der Waals surface area contributed by atoms with E-state index in [4.69, 9.17) is 5.73 Å². The first kappa shape index (κ1) is 13.2.